The van der Waals surface area contributed by atoms with Crippen LogP contribution in [0.2, 0.25) is 0 Å². The van der Waals surface area contributed by atoms with Crippen LogP contribution in [0.1, 0.15) is 11.3 Å². The fourth-order valence-corrected chi connectivity index (χ4v) is 3.68. The maximum absolute atomic E-state index is 12.8. The van der Waals surface area contributed by atoms with Crippen molar-refractivity contribution in [2.45, 2.75) is 26.1 Å². The van der Waals surface area contributed by atoms with Crippen LogP contribution in [-0.2, 0) is 24.3 Å². The van der Waals surface area contributed by atoms with Crippen LogP contribution >= 0.6 is 0 Å². The smallest absolute Gasteiger partial charge is 0.387 e. The molecule has 1 amide bonds. The minimum atomic E-state index is -2.95. The lowest BCUT2D eigenvalue weighted by Crippen LogP contribution is -2.38. The summed E-state index contributed by atoms with van der Waals surface area (Å²) < 4.78 is 37.0. The number of amides is 1. The van der Waals surface area contributed by atoms with E-state index in [1.807, 2.05) is 12.1 Å². The SMILES string of the molecule is COc1ccc(CC(=O)N2CCn3c(cc4ccccc43)C2)cc1OC(F)F. The van der Waals surface area contributed by atoms with Crippen molar-refractivity contribution in [1.82, 2.24) is 9.47 Å². The van der Waals surface area contributed by atoms with Crippen molar-refractivity contribution in [2.24, 2.45) is 0 Å². The molecule has 7 heteroatoms. The van der Waals surface area contributed by atoms with Crippen LogP contribution in [0.15, 0.2) is 48.5 Å². The van der Waals surface area contributed by atoms with Gasteiger partial charge in [-0.25, -0.2) is 0 Å². The maximum atomic E-state index is 12.8. The molecule has 28 heavy (non-hydrogen) atoms. The number of carbonyl (C=O) groups is 1. The van der Waals surface area contributed by atoms with Crippen molar-refractivity contribution in [3.05, 3.63) is 59.8 Å². The van der Waals surface area contributed by atoms with Crippen molar-refractivity contribution >= 4 is 16.8 Å². The molecule has 2 heterocycles. The molecule has 4 rings (SSSR count). The Morgan fingerprint density at radius 3 is 2.71 bits per heavy atom. The van der Waals surface area contributed by atoms with Gasteiger partial charge in [-0.15, -0.1) is 0 Å². The van der Waals surface area contributed by atoms with Crippen LogP contribution < -0.4 is 9.47 Å². The van der Waals surface area contributed by atoms with E-state index in [1.165, 1.54) is 24.8 Å². The normalized spacial score (nSPS) is 13.6. The molecule has 0 radical (unpaired) electrons. The molecular formula is C21H20F2N2O3. The Morgan fingerprint density at radius 1 is 1.11 bits per heavy atom. The molecule has 0 N–H and O–H groups in total. The zero-order valence-corrected chi connectivity index (χ0v) is 15.4. The summed E-state index contributed by atoms with van der Waals surface area (Å²) in [7, 11) is 1.38. The average molecular weight is 386 g/mol. The number of halogens is 2. The molecule has 0 fully saturated rings. The molecule has 0 aliphatic carbocycles. The molecule has 0 atom stereocenters. The Labute approximate surface area is 161 Å². The summed E-state index contributed by atoms with van der Waals surface area (Å²) in [6.45, 7) is -1.08. The predicted molar refractivity (Wildman–Crippen MR) is 101 cm³/mol. The maximum Gasteiger partial charge on any atom is 0.387 e. The van der Waals surface area contributed by atoms with Gasteiger partial charge in [0.05, 0.1) is 20.1 Å². The molecule has 1 aliphatic rings. The van der Waals surface area contributed by atoms with E-state index in [2.05, 4.69) is 27.5 Å². The first-order valence-corrected chi connectivity index (χ1v) is 9.02. The quantitative estimate of drug-likeness (QED) is 0.669. The highest BCUT2D eigenvalue weighted by Crippen LogP contribution is 2.30. The van der Waals surface area contributed by atoms with Gasteiger partial charge in [0.2, 0.25) is 5.91 Å². The standard InChI is InChI=1S/C21H20F2N2O3/c1-27-18-7-6-14(10-19(18)28-21(22)23)11-20(26)24-8-9-25-16(13-24)12-15-4-2-3-5-17(15)25/h2-7,10,12,21H,8-9,11,13H2,1H3. The van der Waals surface area contributed by atoms with E-state index < -0.39 is 6.61 Å². The Hall–Kier alpha value is -3.09. The van der Waals surface area contributed by atoms with Crippen LogP contribution in [0.25, 0.3) is 10.9 Å². The van der Waals surface area contributed by atoms with E-state index in [-0.39, 0.29) is 23.8 Å². The van der Waals surface area contributed by atoms with Crippen molar-refractivity contribution in [1.29, 1.82) is 0 Å². The number of rotatable bonds is 5. The van der Waals surface area contributed by atoms with Crippen molar-refractivity contribution in [3.8, 4) is 11.5 Å². The van der Waals surface area contributed by atoms with Gasteiger partial charge >= 0.3 is 6.61 Å². The lowest BCUT2D eigenvalue weighted by Gasteiger charge is -2.29. The molecule has 146 valence electrons. The fraction of sp³-hybridized carbons (Fsp3) is 0.286. The van der Waals surface area contributed by atoms with Crippen LogP contribution in [0, 0.1) is 0 Å². The number of methoxy groups -OCH3 is 1. The molecule has 0 saturated carbocycles. The minimum absolute atomic E-state index is 0.0512. The van der Waals surface area contributed by atoms with Gasteiger partial charge in [-0.3, -0.25) is 4.79 Å². The number of hydrogen-bond donors (Lipinski definition) is 0. The van der Waals surface area contributed by atoms with E-state index in [0.29, 0.717) is 18.7 Å². The number of nitrogens with zero attached hydrogens (tertiary/aromatic N) is 2. The van der Waals surface area contributed by atoms with Gasteiger partial charge in [0.25, 0.3) is 0 Å². The summed E-state index contributed by atoms with van der Waals surface area (Å²) in [5.41, 5.74) is 2.87. The van der Waals surface area contributed by atoms with E-state index >= 15 is 0 Å². The van der Waals surface area contributed by atoms with Crippen molar-refractivity contribution < 1.29 is 23.0 Å². The largest absolute Gasteiger partial charge is 0.493 e. The lowest BCUT2D eigenvalue weighted by molar-refractivity contribution is -0.131. The van der Waals surface area contributed by atoms with Gasteiger partial charge in [0, 0.05) is 24.3 Å². The number of ether oxygens (including phenoxy) is 2. The summed E-state index contributed by atoms with van der Waals surface area (Å²) >= 11 is 0. The van der Waals surface area contributed by atoms with E-state index in [1.54, 1.807) is 11.0 Å². The van der Waals surface area contributed by atoms with E-state index in [4.69, 9.17) is 4.74 Å². The summed E-state index contributed by atoms with van der Waals surface area (Å²) in [6, 6.07) is 14.9. The van der Waals surface area contributed by atoms with Gasteiger partial charge < -0.3 is 18.9 Å². The zero-order chi connectivity index (χ0) is 19.7. The number of hydrogen-bond acceptors (Lipinski definition) is 3. The molecule has 0 bridgehead atoms. The zero-order valence-electron chi connectivity index (χ0n) is 15.4. The molecule has 1 aromatic heterocycles. The predicted octanol–water partition coefficient (Wildman–Crippen LogP) is 3.84. The third kappa shape index (κ3) is 3.52. The van der Waals surface area contributed by atoms with Crippen LogP contribution in [0.4, 0.5) is 8.78 Å². The minimum Gasteiger partial charge on any atom is -0.493 e. The highest BCUT2D eigenvalue weighted by atomic mass is 19.3. The third-order valence-corrected chi connectivity index (χ3v) is 4.99. The highest BCUT2D eigenvalue weighted by Gasteiger charge is 2.23. The van der Waals surface area contributed by atoms with Crippen molar-refractivity contribution in [2.75, 3.05) is 13.7 Å². The second kappa shape index (κ2) is 7.50. The molecule has 1 aliphatic heterocycles. The Kier molecular flexibility index (Phi) is 4.90. The molecule has 3 aromatic rings. The molecular weight excluding hydrogens is 366 g/mol. The Balaban J connectivity index is 1.50. The number of benzene rings is 2. The third-order valence-electron chi connectivity index (χ3n) is 4.99. The van der Waals surface area contributed by atoms with Crippen molar-refractivity contribution in [3.63, 3.8) is 0 Å². The second-order valence-electron chi connectivity index (χ2n) is 6.70. The van der Waals surface area contributed by atoms with Gasteiger partial charge in [-0.1, -0.05) is 24.3 Å². The Bertz CT molecular complexity index is 1020. The van der Waals surface area contributed by atoms with Gasteiger partial charge in [-0.2, -0.15) is 8.78 Å². The topological polar surface area (TPSA) is 43.7 Å². The lowest BCUT2D eigenvalue weighted by atomic mass is 10.1. The summed E-state index contributed by atoms with van der Waals surface area (Å²) in [6.07, 6.45) is 0.115. The monoisotopic (exact) mass is 386 g/mol. The number of fused-ring (bicyclic) bond motifs is 3. The first-order valence-electron chi connectivity index (χ1n) is 9.02. The molecule has 5 nitrogen and oxygen atoms in total. The average Bonchev–Trinajstić information content (AvgIpc) is 3.05. The molecule has 0 unspecified atom stereocenters. The first-order chi connectivity index (χ1) is 13.5. The summed E-state index contributed by atoms with van der Waals surface area (Å²) in [4.78, 5) is 14.6. The number of carbonyl (C=O) groups excluding carboxylic acids is 1. The van der Waals surface area contributed by atoms with Crippen LogP contribution in [0.5, 0.6) is 11.5 Å². The van der Waals surface area contributed by atoms with Gasteiger partial charge in [-0.05, 0) is 35.2 Å². The van der Waals surface area contributed by atoms with Gasteiger partial charge in [0.1, 0.15) is 0 Å². The Morgan fingerprint density at radius 2 is 1.93 bits per heavy atom. The summed E-state index contributed by atoms with van der Waals surface area (Å²) in [5, 5.41) is 1.16. The first kappa shape index (κ1) is 18.3. The molecule has 0 saturated heterocycles. The highest BCUT2D eigenvalue weighted by molar-refractivity contribution is 5.83. The number of aromatic nitrogens is 1. The summed E-state index contributed by atoms with van der Waals surface area (Å²) in [5.74, 6) is 0.0882. The molecule has 2 aromatic carbocycles. The second-order valence-corrected chi connectivity index (χ2v) is 6.70. The number of alkyl halides is 2. The van der Waals surface area contributed by atoms with E-state index in [0.717, 1.165) is 17.6 Å². The van der Waals surface area contributed by atoms with Crippen LogP contribution in [-0.4, -0.2) is 35.6 Å². The van der Waals surface area contributed by atoms with Crippen LogP contribution in [0.3, 0.4) is 0 Å². The fourth-order valence-electron chi connectivity index (χ4n) is 3.68. The number of para-hydroxylation sites is 1. The van der Waals surface area contributed by atoms with E-state index in [9.17, 15) is 13.6 Å². The molecule has 0 spiro atoms. The van der Waals surface area contributed by atoms with Gasteiger partial charge in [0.15, 0.2) is 11.5 Å².